The maximum absolute atomic E-state index is 12.2. The highest BCUT2D eigenvalue weighted by Crippen LogP contribution is 2.22. The van der Waals surface area contributed by atoms with E-state index in [0.29, 0.717) is 19.4 Å². The molecule has 1 saturated heterocycles. The molecule has 3 atom stereocenters. The Morgan fingerprint density at radius 3 is 2.54 bits per heavy atom. The minimum Gasteiger partial charge on any atom is -0.497 e. The largest absolute Gasteiger partial charge is 0.497 e. The number of hydrogen-bond acceptors (Lipinski definition) is 6. The Labute approximate surface area is 166 Å². The molecule has 1 fully saturated rings. The topological polar surface area (TPSA) is 100 Å². The van der Waals surface area contributed by atoms with Gasteiger partial charge in [-0.05, 0) is 44.6 Å². The van der Waals surface area contributed by atoms with Crippen molar-refractivity contribution in [3.8, 4) is 5.75 Å². The molecule has 8 heteroatoms. The number of methoxy groups -OCH3 is 1. The van der Waals surface area contributed by atoms with Crippen molar-refractivity contribution in [1.82, 2.24) is 15.5 Å². The second kappa shape index (κ2) is 11.0. The lowest BCUT2D eigenvalue weighted by Crippen LogP contribution is -2.52. The Morgan fingerprint density at radius 1 is 1.21 bits per heavy atom. The lowest BCUT2D eigenvalue weighted by atomic mass is 9.97. The first-order chi connectivity index (χ1) is 13.4. The minimum absolute atomic E-state index is 0.104. The van der Waals surface area contributed by atoms with Gasteiger partial charge in [0.25, 0.3) is 0 Å². The standard InChI is InChI=1S/C20H31N3O5/c1-23(2)12-20(26)22-17-9-8-16(28-18(17)13-24)10-19(25)21-11-14-4-6-15(27-3)7-5-14/h4-7,16-18,24H,8-13H2,1-3H3,(H,21,25)(H,22,26)/t16-,17-,18-/m0/s1. The number of benzene rings is 1. The number of nitrogens with zero attached hydrogens (tertiary/aromatic N) is 1. The molecule has 156 valence electrons. The predicted octanol–water partition coefficient (Wildman–Crippen LogP) is 0.288. The van der Waals surface area contributed by atoms with Crippen LogP contribution in [-0.4, -0.2) is 74.4 Å². The molecule has 0 aliphatic carbocycles. The van der Waals surface area contributed by atoms with Crippen molar-refractivity contribution in [1.29, 1.82) is 0 Å². The van der Waals surface area contributed by atoms with Gasteiger partial charge in [0.1, 0.15) is 11.9 Å². The van der Waals surface area contributed by atoms with Gasteiger partial charge in [0.2, 0.25) is 11.8 Å². The van der Waals surface area contributed by atoms with Crippen molar-refractivity contribution >= 4 is 11.8 Å². The van der Waals surface area contributed by atoms with Crippen LogP contribution in [0.4, 0.5) is 0 Å². The first-order valence-electron chi connectivity index (χ1n) is 9.51. The van der Waals surface area contributed by atoms with Crippen molar-refractivity contribution in [2.75, 3.05) is 34.4 Å². The van der Waals surface area contributed by atoms with Gasteiger partial charge in [-0.25, -0.2) is 0 Å². The van der Waals surface area contributed by atoms with Crippen LogP contribution in [0.1, 0.15) is 24.8 Å². The zero-order valence-electron chi connectivity index (χ0n) is 16.8. The fourth-order valence-corrected chi connectivity index (χ4v) is 3.21. The van der Waals surface area contributed by atoms with Gasteiger partial charge in [0.05, 0.1) is 38.8 Å². The number of nitrogens with one attached hydrogen (secondary N) is 2. The normalized spacial score (nSPS) is 22.0. The second-order valence-electron chi connectivity index (χ2n) is 7.30. The summed E-state index contributed by atoms with van der Waals surface area (Å²) in [6.45, 7) is 0.519. The molecule has 0 radical (unpaired) electrons. The van der Waals surface area contributed by atoms with E-state index in [1.165, 1.54) is 0 Å². The van der Waals surface area contributed by atoms with Crippen LogP contribution in [0, 0.1) is 0 Å². The average molecular weight is 393 g/mol. The van der Waals surface area contributed by atoms with Gasteiger partial charge in [0, 0.05) is 6.54 Å². The molecule has 0 spiro atoms. The number of carbonyl (C=O) groups is 2. The predicted molar refractivity (Wildman–Crippen MR) is 105 cm³/mol. The Bertz CT molecular complexity index is 635. The fraction of sp³-hybridized carbons (Fsp3) is 0.600. The first-order valence-corrected chi connectivity index (χ1v) is 9.51. The van der Waals surface area contributed by atoms with Crippen molar-refractivity contribution in [3.05, 3.63) is 29.8 Å². The summed E-state index contributed by atoms with van der Waals surface area (Å²) >= 11 is 0. The van der Waals surface area contributed by atoms with Crippen LogP contribution in [0.3, 0.4) is 0 Å². The quantitative estimate of drug-likeness (QED) is 0.558. The van der Waals surface area contributed by atoms with Crippen LogP contribution >= 0.6 is 0 Å². The molecule has 1 aromatic rings. The molecule has 1 aliphatic rings. The van der Waals surface area contributed by atoms with Gasteiger partial charge >= 0.3 is 0 Å². The van der Waals surface area contributed by atoms with Crippen LogP contribution in [-0.2, 0) is 20.9 Å². The number of aliphatic hydroxyl groups is 1. The summed E-state index contributed by atoms with van der Waals surface area (Å²) in [6.07, 6.45) is 0.778. The maximum Gasteiger partial charge on any atom is 0.234 e. The molecule has 2 amide bonds. The molecule has 8 nitrogen and oxygen atoms in total. The van der Waals surface area contributed by atoms with Crippen LogP contribution in [0.15, 0.2) is 24.3 Å². The summed E-state index contributed by atoms with van der Waals surface area (Å²) in [5.74, 6) is 0.563. The Morgan fingerprint density at radius 2 is 1.93 bits per heavy atom. The molecule has 0 bridgehead atoms. The molecule has 1 heterocycles. The van der Waals surface area contributed by atoms with Crippen LogP contribution in [0.2, 0.25) is 0 Å². The molecule has 2 rings (SSSR count). The van der Waals surface area contributed by atoms with E-state index in [2.05, 4.69) is 10.6 Å². The van der Waals surface area contributed by atoms with Gasteiger partial charge < -0.3 is 30.1 Å². The molecule has 0 aromatic heterocycles. The summed E-state index contributed by atoms with van der Waals surface area (Å²) in [6, 6.07) is 7.26. The van der Waals surface area contributed by atoms with Crippen molar-refractivity contribution in [2.45, 2.75) is 44.1 Å². The zero-order chi connectivity index (χ0) is 20.5. The highest BCUT2D eigenvalue weighted by atomic mass is 16.5. The molecule has 3 N–H and O–H groups in total. The number of ether oxygens (including phenoxy) is 2. The monoisotopic (exact) mass is 393 g/mol. The number of aliphatic hydroxyl groups excluding tert-OH is 1. The average Bonchev–Trinajstić information content (AvgIpc) is 2.67. The second-order valence-corrected chi connectivity index (χ2v) is 7.30. The van der Waals surface area contributed by atoms with E-state index in [1.54, 1.807) is 12.0 Å². The highest BCUT2D eigenvalue weighted by molar-refractivity contribution is 5.78. The van der Waals surface area contributed by atoms with Gasteiger partial charge in [-0.3, -0.25) is 9.59 Å². The van der Waals surface area contributed by atoms with Crippen LogP contribution in [0.5, 0.6) is 5.75 Å². The zero-order valence-corrected chi connectivity index (χ0v) is 16.8. The fourth-order valence-electron chi connectivity index (χ4n) is 3.21. The summed E-state index contributed by atoms with van der Waals surface area (Å²) in [5.41, 5.74) is 0.982. The van der Waals surface area contributed by atoms with E-state index in [-0.39, 0.29) is 43.5 Å². The third-order valence-corrected chi connectivity index (χ3v) is 4.66. The first kappa shape index (κ1) is 22.1. The van der Waals surface area contributed by atoms with Crippen molar-refractivity contribution < 1.29 is 24.2 Å². The Balaban J connectivity index is 1.76. The van der Waals surface area contributed by atoms with Gasteiger partial charge in [-0.15, -0.1) is 0 Å². The molecule has 0 saturated carbocycles. The maximum atomic E-state index is 12.2. The molecule has 28 heavy (non-hydrogen) atoms. The number of amides is 2. The van der Waals surface area contributed by atoms with Gasteiger partial charge in [0.15, 0.2) is 0 Å². The Kier molecular flexibility index (Phi) is 8.69. The van der Waals surface area contributed by atoms with E-state index in [0.717, 1.165) is 11.3 Å². The Hall–Kier alpha value is -2.16. The number of likely N-dealkylation sites (N-methyl/N-ethyl adjacent to an activating group) is 1. The summed E-state index contributed by atoms with van der Waals surface area (Å²) < 4.78 is 11.0. The number of carbonyl (C=O) groups excluding carboxylic acids is 2. The third-order valence-electron chi connectivity index (χ3n) is 4.66. The lowest BCUT2D eigenvalue weighted by molar-refractivity contribution is -0.136. The third kappa shape index (κ3) is 7.10. The molecule has 1 aromatic carbocycles. The minimum atomic E-state index is -0.501. The summed E-state index contributed by atoms with van der Waals surface area (Å²) in [7, 11) is 5.25. The molecular weight excluding hydrogens is 362 g/mol. The number of hydrogen-bond donors (Lipinski definition) is 3. The van der Waals surface area contributed by atoms with Gasteiger partial charge in [-0.2, -0.15) is 0 Å². The SMILES string of the molecule is COc1ccc(CNC(=O)C[C@@H]2CC[C@H](NC(=O)CN(C)C)[C@H](CO)O2)cc1. The van der Waals surface area contributed by atoms with Crippen molar-refractivity contribution in [3.63, 3.8) is 0 Å². The van der Waals surface area contributed by atoms with E-state index in [4.69, 9.17) is 9.47 Å². The molecule has 1 aliphatic heterocycles. The van der Waals surface area contributed by atoms with E-state index < -0.39 is 6.10 Å². The van der Waals surface area contributed by atoms with E-state index in [9.17, 15) is 14.7 Å². The molecule has 0 unspecified atom stereocenters. The van der Waals surface area contributed by atoms with Crippen LogP contribution < -0.4 is 15.4 Å². The van der Waals surface area contributed by atoms with Crippen molar-refractivity contribution in [2.24, 2.45) is 0 Å². The lowest BCUT2D eigenvalue weighted by Gasteiger charge is -2.36. The van der Waals surface area contributed by atoms with Gasteiger partial charge in [-0.1, -0.05) is 12.1 Å². The highest BCUT2D eigenvalue weighted by Gasteiger charge is 2.32. The van der Waals surface area contributed by atoms with Crippen LogP contribution in [0.25, 0.3) is 0 Å². The summed E-state index contributed by atoms with van der Waals surface area (Å²) in [5, 5.41) is 15.4. The summed E-state index contributed by atoms with van der Waals surface area (Å²) in [4.78, 5) is 26.0. The number of rotatable bonds is 9. The van der Waals surface area contributed by atoms with E-state index in [1.807, 2.05) is 38.4 Å². The smallest absolute Gasteiger partial charge is 0.234 e. The van der Waals surface area contributed by atoms with E-state index >= 15 is 0 Å². The molecular formula is C20H31N3O5.